The van der Waals surface area contributed by atoms with Crippen molar-refractivity contribution in [1.82, 2.24) is 10.2 Å². The molecule has 16 heavy (non-hydrogen) atoms. The monoisotopic (exact) mass is 217 g/mol. The zero-order valence-electron chi connectivity index (χ0n) is 9.66. The van der Waals surface area contributed by atoms with Crippen LogP contribution in [-0.2, 0) is 0 Å². The Morgan fingerprint density at radius 3 is 2.25 bits per heavy atom. The van der Waals surface area contributed by atoms with Crippen LogP contribution in [0.25, 0.3) is 11.3 Å². The van der Waals surface area contributed by atoms with Crippen LogP contribution in [-0.4, -0.2) is 17.3 Å². The minimum Gasteiger partial charge on any atom is -0.496 e. The van der Waals surface area contributed by atoms with Gasteiger partial charge in [0.05, 0.1) is 12.8 Å². The summed E-state index contributed by atoms with van der Waals surface area (Å²) in [5.41, 5.74) is 9.78. The number of hydrogen-bond acceptors (Lipinski definition) is 3. The molecule has 4 heteroatoms. The fraction of sp³-hybridized carbons (Fsp3) is 0.250. The van der Waals surface area contributed by atoms with E-state index in [1.165, 1.54) is 0 Å². The summed E-state index contributed by atoms with van der Waals surface area (Å²) >= 11 is 0. The van der Waals surface area contributed by atoms with Gasteiger partial charge in [-0.05, 0) is 37.1 Å². The van der Waals surface area contributed by atoms with E-state index in [2.05, 4.69) is 22.3 Å². The lowest BCUT2D eigenvalue weighted by Gasteiger charge is -2.10. The molecule has 0 saturated carbocycles. The number of nitrogens with zero attached hydrogens (tertiary/aromatic N) is 1. The van der Waals surface area contributed by atoms with Crippen LogP contribution in [0.1, 0.15) is 11.1 Å². The van der Waals surface area contributed by atoms with Gasteiger partial charge in [-0.3, -0.25) is 5.10 Å². The molecule has 0 aliphatic rings. The number of nitrogens with one attached hydrogen (secondary N) is 1. The predicted octanol–water partition coefficient (Wildman–Crippen LogP) is 2.28. The van der Waals surface area contributed by atoms with Gasteiger partial charge in [0.15, 0.2) is 0 Å². The number of aromatic amines is 1. The van der Waals surface area contributed by atoms with Gasteiger partial charge in [-0.2, -0.15) is 5.10 Å². The van der Waals surface area contributed by atoms with Gasteiger partial charge >= 0.3 is 0 Å². The van der Waals surface area contributed by atoms with Crippen molar-refractivity contribution >= 4 is 5.82 Å². The van der Waals surface area contributed by atoms with E-state index in [1.54, 1.807) is 7.11 Å². The number of hydrogen-bond donors (Lipinski definition) is 2. The van der Waals surface area contributed by atoms with Crippen LogP contribution in [0.3, 0.4) is 0 Å². The van der Waals surface area contributed by atoms with Gasteiger partial charge < -0.3 is 10.5 Å². The number of rotatable bonds is 2. The van der Waals surface area contributed by atoms with Gasteiger partial charge in [-0.1, -0.05) is 0 Å². The Morgan fingerprint density at radius 1 is 1.19 bits per heavy atom. The normalized spacial score (nSPS) is 10.4. The topological polar surface area (TPSA) is 63.9 Å². The number of ether oxygens (including phenoxy) is 1. The van der Waals surface area contributed by atoms with Gasteiger partial charge in [-0.15, -0.1) is 0 Å². The van der Waals surface area contributed by atoms with Crippen LogP contribution < -0.4 is 10.5 Å². The maximum absolute atomic E-state index is 5.58. The second-order valence-corrected chi connectivity index (χ2v) is 3.85. The van der Waals surface area contributed by atoms with Crippen molar-refractivity contribution in [2.24, 2.45) is 0 Å². The van der Waals surface area contributed by atoms with Crippen molar-refractivity contribution in [3.8, 4) is 17.0 Å². The number of anilines is 1. The highest BCUT2D eigenvalue weighted by atomic mass is 16.5. The average molecular weight is 217 g/mol. The summed E-state index contributed by atoms with van der Waals surface area (Å²) in [7, 11) is 1.68. The fourth-order valence-corrected chi connectivity index (χ4v) is 1.91. The van der Waals surface area contributed by atoms with Gasteiger partial charge in [0.25, 0.3) is 0 Å². The van der Waals surface area contributed by atoms with E-state index in [0.717, 1.165) is 28.1 Å². The van der Waals surface area contributed by atoms with Gasteiger partial charge in [0, 0.05) is 11.6 Å². The summed E-state index contributed by atoms with van der Waals surface area (Å²) in [6, 6.07) is 5.93. The number of H-pyrrole nitrogens is 1. The molecule has 0 spiro atoms. The Balaban J connectivity index is 2.52. The SMILES string of the molecule is COc1c(C)cc(-c2cc(N)n[nH]2)cc1C. The predicted molar refractivity (Wildman–Crippen MR) is 64.5 cm³/mol. The van der Waals surface area contributed by atoms with Gasteiger partial charge in [0.2, 0.25) is 0 Å². The molecule has 3 N–H and O–H groups in total. The molecule has 0 atom stereocenters. The Labute approximate surface area is 94.4 Å². The molecule has 84 valence electrons. The first-order valence-corrected chi connectivity index (χ1v) is 5.08. The Morgan fingerprint density at radius 2 is 1.81 bits per heavy atom. The van der Waals surface area contributed by atoms with Crippen LogP contribution in [0.4, 0.5) is 5.82 Å². The zero-order valence-corrected chi connectivity index (χ0v) is 9.66. The molecule has 0 unspecified atom stereocenters. The third-order valence-corrected chi connectivity index (χ3v) is 2.57. The molecule has 1 aromatic heterocycles. The summed E-state index contributed by atoms with van der Waals surface area (Å²) < 4.78 is 5.32. The Kier molecular flexibility index (Phi) is 2.56. The van der Waals surface area contributed by atoms with Crippen molar-refractivity contribution in [1.29, 1.82) is 0 Å². The molecule has 0 amide bonds. The van der Waals surface area contributed by atoms with Crippen molar-refractivity contribution in [2.45, 2.75) is 13.8 Å². The summed E-state index contributed by atoms with van der Waals surface area (Å²) in [5.74, 6) is 1.43. The van der Waals surface area contributed by atoms with Crippen LogP contribution in [0.15, 0.2) is 18.2 Å². The smallest absolute Gasteiger partial charge is 0.145 e. The molecular formula is C12H15N3O. The minimum atomic E-state index is 0.501. The molecule has 0 fully saturated rings. The number of aryl methyl sites for hydroxylation is 2. The van der Waals surface area contributed by atoms with Crippen molar-refractivity contribution in [3.05, 3.63) is 29.3 Å². The molecular weight excluding hydrogens is 202 g/mol. The summed E-state index contributed by atoms with van der Waals surface area (Å²) in [6.07, 6.45) is 0. The van der Waals surface area contributed by atoms with Crippen LogP contribution in [0.5, 0.6) is 5.75 Å². The molecule has 0 aliphatic heterocycles. The second-order valence-electron chi connectivity index (χ2n) is 3.85. The maximum atomic E-state index is 5.58. The maximum Gasteiger partial charge on any atom is 0.145 e. The third-order valence-electron chi connectivity index (χ3n) is 2.57. The van der Waals surface area contributed by atoms with Crippen LogP contribution >= 0.6 is 0 Å². The molecule has 2 aromatic rings. The molecule has 0 aliphatic carbocycles. The van der Waals surface area contributed by atoms with Gasteiger partial charge in [-0.25, -0.2) is 0 Å². The summed E-state index contributed by atoms with van der Waals surface area (Å²) in [5, 5.41) is 6.81. The van der Waals surface area contributed by atoms with E-state index in [4.69, 9.17) is 10.5 Å². The number of nitrogens with two attached hydrogens (primary N) is 1. The lowest BCUT2D eigenvalue weighted by molar-refractivity contribution is 0.408. The number of methoxy groups -OCH3 is 1. The first-order valence-electron chi connectivity index (χ1n) is 5.08. The van der Waals surface area contributed by atoms with Crippen molar-refractivity contribution in [2.75, 3.05) is 12.8 Å². The van der Waals surface area contributed by atoms with Crippen molar-refractivity contribution < 1.29 is 4.74 Å². The minimum absolute atomic E-state index is 0.501. The van der Waals surface area contributed by atoms with Crippen LogP contribution in [0, 0.1) is 13.8 Å². The van der Waals surface area contributed by atoms with E-state index < -0.39 is 0 Å². The van der Waals surface area contributed by atoms with E-state index in [0.29, 0.717) is 5.82 Å². The van der Waals surface area contributed by atoms with Crippen LogP contribution in [0.2, 0.25) is 0 Å². The van der Waals surface area contributed by atoms with E-state index in [-0.39, 0.29) is 0 Å². The number of nitrogen functional groups attached to an aromatic ring is 1. The average Bonchev–Trinajstić information content (AvgIpc) is 2.64. The fourth-order valence-electron chi connectivity index (χ4n) is 1.91. The molecule has 0 saturated heterocycles. The quantitative estimate of drug-likeness (QED) is 0.811. The highest BCUT2D eigenvalue weighted by Crippen LogP contribution is 2.29. The largest absolute Gasteiger partial charge is 0.496 e. The van der Waals surface area contributed by atoms with Crippen molar-refractivity contribution in [3.63, 3.8) is 0 Å². The number of benzene rings is 1. The molecule has 0 bridgehead atoms. The van der Waals surface area contributed by atoms with E-state index in [9.17, 15) is 0 Å². The van der Waals surface area contributed by atoms with E-state index >= 15 is 0 Å². The first-order chi connectivity index (χ1) is 7.61. The lowest BCUT2D eigenvalue weighted by Crippen LogP contribution is -1.92. The Hall–Kier alpha value is -1.97. The zero-order chi connectivity index (χ0) is 11.7. The highest BCUT2D eigenvalue weighted by Gasteiger charge is 2.08. The molecule has 1 aromatic carbocycles. The molecule has 0 radical (unpaired) electrons. The summed E-state index contributed by atoms with van der Waals surface area (Å²) in [4.78, 5) is 0. The van der Waals surface area contributed by atoms with Gasteiger partial charge in [0.1, 0.15) is 11.6 Å². The number of aromatic nitrogens is 2. The lowest BCUT2D eigenvalue weighted by atomic mass is 10.0. The standard InChI is InChI=1S/C12H15N3O/c1-7-4-9(5-8(2)12(7)16-3)10-6-11(13)15-14-10/h4-6H,1-3H3,(H3,13,14,15). The van der Waals surface area contributed by atoms with E-state index in [1.807, 2.05) is 19.9 Å². The molecule has 2 rings (SSSR count). The second kappa shape index (κ2) is 3.89. The summed E-state index contributed by atoms with van der Waals surface area (Å²) in [6.45, 7) is 4.05. The molecule has 4 nitrogen and oxygen atoms in total. The third kappa shape index (κ3) is 1.74. The first kappa shape index (κ1) is 10.5. The highest BCUT2D eigenvalue weighted by molar-refractivity contribution is 5.66. The molecule has 1 heterocycles. The Bertz CT molecular complexity index is 494.